The molecule has 7 heteroatoms. The predicted molar refractivity (Wildman–Crippen MR) is 120 cm³/mol. The van der Waals surface area contributed by atoms with Gasteiger partial charge in [0.05, 0.1) is 19.4 Å². The van der Waals surface area contributed by atoms with Gasteiger partial charge in [-0.1, -0.05) is 42.5 Å². The van der Waals surface area contributed by atoms with Crippen LogP contribution in [0.25, 0.3) is 0 Å². The molecule has 2 N–H and O–H groups in total. The molecule has 3 aromatic rings. The molecule has 0 saturated heterocycles. The number of carboxylic acids is 1. The van der Waals surface area contributed by atoms with Crippen molar-refractivity contribution in [3.05, 3.63) is 89.9 Å². The molecule has 0 bridgehead atoms. The Bertz CT molecular complexity index is 999. The van der Waals surface area contributed by atoms with E-state index >= 15 is 0 Å². The molecule has 168 valence electrons. The maximum absolute atomic E-state index is 12.6. The average Bonchev–Trinajstić information content (AvgIpc) is 3.27. The zero-order chi connectivity index (χ0) is 23.0. The van der Waals surface area contributed by atoms with Gasteiger partial charge in [0, 0.05) is 13.1 Å². The van der Waals surface area contributed by atoms with E-state index in [4.69, 9.17) is 9.15 Å². The summed E-state index contributed by atoms with van der Waals surface area (Å²) in [5.41, 5.74) is 0.690. The molecule has 3 rings (SSSR count). The first-order chi connectivity index (χ1) is 15.3. The number of furan rings is 1. The van der Waals surface area contributed by atoms with E-state index in [9.17, 15) is 14.7 Å². The SMILES string of the molecule is CC(C)(Oc1ccc(CN(CC(=O)NCc2ccccc2)Cc2ccco2)cc1)C(=O)O. The molecule has 0 radical (unpaired) electrons. The first-order valence-corrected chi connectivity index (χ1v) is 10.4. The number of carbonyl (C=O) groups is 2. The highest BCUT2D eigenvalue weighted by molar-refractivity contribution is 5.78. The Kier molecular flexibility index (Phi) is 7.68. The number of carboxylic acid groups (broad SMARTS) is 1. The monoisotopic (exact) mass is 436 g/mol. The van der Waals surface area contributed by atoms with Crippen molar-refractivity contribution in [2.24, 2.45) is 0 Å². The molecule has 0 aliphatic carbocycles. The zero-order valence-electron chi connectivity index (χ0n) is 18.3. The summed E-state index contributed by atoms with van der Waals surface area (Å²) in [5.74, 6) is 0.125. The highest BCUT2D eigenvalue weighted by Gasteiger charge is 2.29. The molecule has 1 amide bonds. The molecule has 1 aromatic heterocycles. The molecule has 0 aliphatic rings. The Hall–Kier alpha value is -3.58. The molecule has 1 heterocycles. The van der Waals surface area contributed by atoms with Crippen molar-refractivity contribution in [1.29, 1.82) is 0 Å². The number of nitrogens with zero attached hydrogens (tertiary/aromatic N) is 1. The summed E-state index contributed by atoms with van der Waals surface area (Å²) in [5, 5.41) is 12.2. The van der Waals surface area contributed by atoms with Gasteiger partial charge in [-0.05, 0) is 49.2 Å². The van der Waals surface area contributed by atoms with E-state index in [1.54, 1.807) is 18.4 Å². The third kappa shape index (κ3) is 6.99. The fourth-order valence-electron chi connectivity index (χ4n) is 3.11. The third-order valence-corrected chi connectivity index (χ3v) is 4.88. The van der Waals surface area contributed by atoms with Gasteiger partial charge in [0.2, 0.25) is 5.91 Å². The summed E-state index contributed by atoms with van der Waals surface area (Å²) in [6, 6.07) is 20.7. The standard InChI is InChI=1S/C25H28N2O5/c1-25(2,24(29)30)32-21-12-10-20(11-13-21)16-27(17-22-9-6-14-31-22)18-23(28)26-15-19-7-4-3-5-8-19/h3-14H,15-18H2,1-2H3,(H,26,28)(H,29,30). The van der Waals surface area contributed by atoms with E-state index in [0.717, 1.165) is 16.9 Å². The minimum Gasteiger partial charge on any atom is -0.478 e. The molecular weight excluding hydrogens is 408 g/mol. The van der Waals surface area contributed by atoms with Crippen molar-refractivity contribution in [2.45, 2.75) is 39.1 Å². The van der Waals surface area contributed by atoms with Crippen LogP contribution in [-0.4, -0.2) is 34.0 Å². The van der Waals surface area contributed by atoms with Crippen LogP contribution in [-0.2, 0) is 29.2 Å². The minimum atomic E-state index is -1.32. The number of carbonyl (C=O) groups excluding carboxylic acids is 1. The van der Waals surface area contributed by atoms with Crippen LogP contribution in [0, 0.1) is 0 Å². The van der Waals surface area contributed by atoms with Crippen molar-refractivity contribution in [1.82, 2.24) is 10.2 Å². The first-order valence-electron chi connectivity index (χ1n) is 10.4. The van der Waals surface area contributed by atoms with Gasteiger partial charge in [-0.25, -0.2) is 4.79 Å². The summed E-state index contributed by atoms with van der Waals surface area (Å²) >= 11 is 0. The van der Waals surface area contributed by atoms with E-state index in [1.165, 1.54) is 13.8 Å². The Labute approximate surface area is 187 Å². The van der Waals surface area contributed by atoms with Crippen LogP contribution in [0.5, 0.6) is 5.75 Å². The molecule has 0 atom stereocenters. The van der Waals surface area contributed by atoms with Crippen molar-refractivity contribution in [3.63, 3.8) is 0 Å². The number of benzene rings is 2. The van der Waals surface area contributed by atoms with Crippen LogP contribution >= 0.6 is 0 Å². The second kappa shape index (κ2) is 10.6. The maximum atomic E-state index is 12.6. The fourth-order valence-corrected chi connectivity index (χ4v) is 3.11. The lowest BCUT2D eigenvalue weighted by molar-refractivity contribution is -0.152. The molecular formula is C25H28N2O5. The Balaban J connectivity index is 1.62. The number of hydrogen-bond acceptors (Lipinski definition) is 5. The van der Waals surface area contributed by atoms with Crippen molar-refractivity contribution in [2.75, 3.05) is 6.54 Å². The van der Waals surface area contributed by atoms with E-state index in [-0.39, 0.29) is 12.5 Å². The van der Waals surface area contributed by atoms with Crippen LogP contribution in [0.2, 0.25) is 0 Å². The van der Waals surface area contributed by atoms with E-state index < -0.39 is 11.6 Å². The Morgan fingerprint density at radius 3 is 2.31 bits per heavy atom. The first kappa shape index (κ1) is 23.1. The van der Waals surface area contributed by atoms with E-state index in [0.29, 0.717) is 25.4 Å². The van der Waals surface area contributed by atoms with Gasteiger partial charge in [-0.15, -0.1) is 0 Å². The predicted octanol–water partition coefficient (Wildman–Crippen LogP) is 3.84. The van der Waals surface area contributed by atoms with E-state index in [1.807, 2.05) is 59.5 Å². The molecule has 2 aromatic carbocycles. The van der Waals surface area contributed by atoms with Gasteiger partial charge in [0.1, 0.15) is 11.5 Å². The summed E-state index contributed by atoms with van der Waals surface area (Å²) in [4.78, 5) is 25.8. The number of hydrogen-bond donors (Lipinski definition) is 2. The lowest BCUT2D eigenvalue weighted by Crippen LogP contribution is -2.37. The number of nitrogens with one attached hydrogen (secondary N) is 1. The van der Waals surface area contributed by atoms with Crippen molar-refractivity contribution in [3.8, 4) is 5.75 Å². The smallest absolute Gasteiger partial charge is 0.347 e. The second-order valence-electron chi connectivity index (χ2n) is 8.05. The molecule has 0 fully saturated rings. The fraction of sp³-hybridized carbons (Fsp3) is 0.280. The summed E-state index contributed by atoms with van der Waals surface area (Å²) in [6.07, 6.45) is 1.61. The van der Waals surface area contributed by atoms with Gasteiger partial charge >= 0.3 is 5.97 Å². The number of aliphatic carboxylic acids is 1. The highest BCUT2D eigenvalue weighted by atomic mass is 16.5. The third-order valence-electron chi connectivity index (χ3n) is 4.88. The lowest BCUT2D eigenvalue weighted by Gasteiger charge is -2.23. The van der Waals surface area contributed by atoms with Gasteiger partial charge in [0.15, 0.2) is 5.60 Å². The van der Waals surface area contributed by atoms with Crippen molar-refractivity contribution < 1.29 is 23.8 Å². The molecule has 32 heavy (non-hydrogen) atoms. The normalized spacial score (nSPS) is 11.3. The molecule has 0 aliphatic heterocycles. The Morgan fingerprint density at radius 2 is 1.69 bits per heavy atom. The van der Waals surface area contributed by atoms with Crippen LogP contribution in [0.4, 0.5) is 0 Å². The van der Waals surface area contributed by atoms with E-state index in [2.05, 4.69) is 5.32 Å². The average molecular weight is 437 g/mol. The topological polar surface area (TPSA) is 92.0 Å². The number of amides is 1. The number of ether oxygens (including phenoxy) is 1. The van der Waals surface area contributed by atoms with Gasteiger partial charge in [-0.3, -0.25) is 9.69 Å². The second-order valence-corrected chi connectivity index (χ2v) is 8.05. The summed E-state index contributed by atoms with van der Waals surface area (Å²) < 4.78 is 11.0. The highest BCUT2D eigenvalue weighted by Crippen LogP contribution is 2.20. The summed E-state index contributed by atoms with van der Waals surface area (Å²) in [7, 11) is 0. The maximum Gasteiger partial charge on any atom is 0.347 e. The largest absolute Gasteiger partial charge is 0.478 e. The van der Waals surface area contributed by atoms with Crippen LogP contribution in [0.15, 0.2) is 77.4 Å². The molecule has 0 saturated carbocycles. The summed E-state index contributed by atoms with van der Waals surface area (Å²) in [6.45, 7) is 4.68. The minimum absolute atomic E-state index is 0.0800. The Morgan fingerprint density at radius 1 is 0.969 bits per heavy atom. The quantitative estimate of drug-likeness (QED) is 0.475. The molecule has 0 unspecified atom stereocenters. The molecule has 0 spiro atoms. The van der Waals surface area contributed by atoms with Crippen molar-refractivity contribution >= 4 is 11.9 Å². The van der Waals surface area contributed by atoms with Gasteiger partial charge < -0.3 is 19.6 Å². The van der Waals surface area contributed by atoms with Crippen LogP contribution in [0.1, 0.15) is 30.7 Å². The van der Waals surface area contributed by atoms with Crippen LogP contribution < -0.4 is 10.1 Å². The number of rotatable bonds is 11. The van der Waals surface area contributed by atoms with Crippen LogP contribution in [0.3, 0.4) is 0 Å². The van der Waals surface area contributed by atoms with Gasteiger partial charge in [0.25, 0.3) is 0 Å². The lowest BCUT2D eigenvalue weighted by atomic mass is 10.1. The molecule has 7 nitrogen and oxygen atoms in total. The van der Waals surface area contributed by atoms with Gasteiger partial charge in [-0.2, -0.15) is 0 Å². The zero-order valence-corrected chi connectivity index (χ0v) is 18.3.